The lowest BCUT2D eigenvalue weighted by molar-refractivity contribution is 0.372. The van der Waals surface area contributed by atoms with E-state index < -0.39 is 0 Å². The lowest BCUT2D eigenvalue weighted by atomic mass is 10.2. The molecule has 1 aliphatic heterocycles. The van der Waals surface area contributed by atoms with Gasteiger partial charge in [-0.25, -0.2) is 10.8 Å². The molecule has 1 aliphatic rings. The number of hydrazine groups is 1. The summed E-state index contributed by atoms with van der Waals surface area (Å²) in [4.78, 5) is 14.6. The van der Waals surface area contributed by atoms with E-state index >= 15 is 0 Å². The van der Waals surface area contributed by atoms with Gasteiger partial charge in [-0.15, -0.1) is 11.3 Å². The quantitative estimate of drug-likeness (QED) is 0.657. The highest BCUT2D eigenvalue weighted by molar-refractivity contribution is 7.16. The van der Waals surface area contributed by atoms with Crippen molar-refractivity contribution in [1.82, 2.24) is 14.9 Å². The first-order chi connectivity index (χ1) is 9.69. The van der Waals surface area contributed by atoms with E-state index in [2.05, 4.69) is 50.7 Å². The van der Waals surface area contributed by atoms with Crippen LogP contribution in [-0.2, 0) is 0 Å². The van der Waals surface area contributed by atoms with Crippen LogP contribution < -0.4 is 16.2 Å². The van der Waals surface area contributed by atoms with E-state index in [0.29, 0.717) is 12.0 Å². The van der Waals surface area contributed by atoms with Crippen LogP contribution in [0.2, 0.25) is 0 Å². The molecular weight excluding hydrogens is 272 g/mol. The van der Waals surface area contributed by atoms with Crippen LogP contribution >= 0.6 is 11.3 Å². The molecule has 3 N–H and O–H groups in total. The fourth-order valence-electron chi connectivity index (χ4n) is 2.85. The average Bonchev–Trinajstić information content (AvgIpc) is 3.05. The second-order valence-corrected chi connectivity index (χ2v) is 6.30. The minimum atomic E-state index is 0.491. The van der Waals surface area contributed by atoms with Gasteiger partial charge in [-0.1, -0.05) is 0 Å². The molecule has 1 fully saturated rings. The van der Waals surface area contributed by atoms with Gasteiger partial charge in [-0.2, -0.15) is 4.98 Å². The molecule has 108 valence electrons. The van der Waals surface area contributed by atoms with Crippen molar-refractivity contribution in [1.29, 1.82) is 0 Å². The summed E-state index contributed by atoms with van der Waals surface area (Å²) in [6.45, 7) is 2.09. The minimum Gasteiger partial charge on any atom is -0.352 e. The molecule has 6 nitrogen and oxygen atoms in total. The van der Waals surface area contributed by atoms with Gasteiger partial charge >= 0.3 is 0 Å². The van der Waals surface area contributed by atoms with Crippen LogP contribution in [0.25, 0.3) is 10.2 Å². The molecule has 7 heteroatoms. The summed E-state index contributed by atoms with van der Waals surface area (Å²) in [5.41, 5.74) is 2.58. The molecule has 20 heavy (non-hydrogen) atoms. The van der Waals surface area contributed by atoms with Crippen molar-refractivity contribution < 1.29 is 0 Å². The molecule has 2 aromatic rings. The Morgan fingerprint density at radius 3 is 3.10 bits per heavy atom. The van der Waals surface area contributed by atoms with Crippen molar-refractivity contribution in [3.05, 3.63) is 11.4 Å². The number of nitrogens with two attached hydrogens (primary N) is 1. The van der Waals surface area contributed by atoms with Gasteiger partial charge in [0.05, 0.1) is 5.39 Å². The molecular formula is C13H20N6S. The monoisotopic (exact) mass is 292 g/mol. The Morgan fingerprint density at radius 2 is 2.35 bits per heavy atom. The van der Waals surface area contributed by atoms with Gasteiger partial charge in [0.15, 0.2) is 0 Å². The fourth-order valence-corrected chi connectivity index (χ4v) is 3.61. The summed E-state index contributed by atoms with van der Waals surface area (Å²) >= 11 is 1.62. The number of hydrogen-bond donors (Lipinski definition) is 2. The third kappa shape index (κ3) is 2.44. The molecule has 0 amide bonds. The predicted molar refractivity (Wildman–Crippen MR) is 84.1 cm³/mol. The number of anilines is 2. The van der Waals surface area contributed by atoms with Gasteiger partial charge in [0.1, 0.15) is 10.6 Å². The zero-order chi connectivity index (χ0) is 14.1. The maximum atomic E-state index is 5.50. The van der Waals surface area contributed by atoms with E-state index in [-0.39, 0.29) is 0 Å². The van der Waals surface area contributed by atoms with Crippen LogP contribution in [0.4, 0.5) is 11.8 Å². The highest BCUT2D eigenvalue weighted by Crippen LogP contribution is 2.33. The Hall–Kier alpha value is -1.44. The van der Waals surface area contributed by atoms with Crippen LogP contribution in [0, 0.1) is 0 Å². The summed E-state index contributed by atoms with van der Waals surface area (Å²) in [7, 11) is 4.23. The van der Waals surface area contributed by atoms with Crippen LogP contribution in [0.3, 0.4) is 0 Å². The summed E-state index contributed by atoms with van der Waals surface area (Å²) in [6.07, 6.45) is 2.42. The predicted octanol–water partition coefficient (Wildman–Crippen LogP) is 1.51. The largest absolute Gasteiger partial charge is 0.352 e. The van der Waals surface area contributed by atoms with Gasteiger partial charge in [-0.3, -0.25) is 5.43 Å². The lowest BCUT2D eigenvalue weighted by Gasteiger charge is -2.28. The van der Waals surface area contributed by atoms with Crippen molar-refractivity contribution in [2.45, 2.75) is 18.9 Å². The summed E-state index contributed by atoms with van der Waals surface area (Å²) in [6, 6.07) is 2.61. The number of nitrogens with zero attached hydrogens (tertiary/aromatic N) is 4. The van der Waals surface area contributed by atoms with E-state index in [0.717, 1.165) is 29.1 Å². The number of hydrogen-bond acceptors (Lipinski definition) is 7. The third-order valence-electron chi connectivity index (χ3n) is 3.66. The number of fused-ring (bicyclic) bond motifs is 1. The molecule has 0 radical (unpaired) electrons. The van der Waals surface area contributed by atoms with Crippen LogP contribution in [0.1, 0.15) is 12.8 Å². The first-order valence-electron chi connectivity index (χ1n) is 6.82. The van der Waals surface area contributed by atoms with E-state index in [1.54, 1.807) is 11.3 Å². The first kappa shape index (κ1) is 13.5. The number of thiophene rings is 1. The molecule has 0 bridgehead atoms. The Bertz CT molecular complexity index is 596. The van der Waals surface area contributed by atoms with Gasteiger partial charge in [0.2, 0.25) is 5.95 Å². The molecule has 0 aromatic carbocycles. The molecule has 1 atom stereocenters. The molecule has 3 heterocycles. The second kappa shape index (κ2) is 5.51. The van der Waals surface area contributed by atoms with Crippen LogP contribution in [0.5, 0.6) is 0 Å². The number of aromatic nitrogens is 2. The molecule has 1 unspecified atom stereocenters. The van der Waals surface area contributed by atoms with E-state index in [1.165, 1.54) is 12.8 Å². The average molecular weight is 292 g/mol. The van der Waals surface area contributed by atoms with Crippen LogP contribution in [-0.4, -0.2) is 48.1 Å². The number of nitrogens with one attached hydrogen (secondary N) is 1. The summed E-state index contributed by atoms with van der Waals surface area (Å²) < 4.78 is 0. The van der Waals surface area contributed by atoms with Crippen LogP contribution in [0.15, 0.2) is 11.4 Å². The van der Waals surface area contributed by atoms with Gasteiger partial charge in [0, 0.05) is 19.1 Å². The first-order valence-corrected chi connectivity index (χ1v) is 7.70. The standard InChI is InChI=1S/C13H20N6S/c1-18(2)8-9-4-3-6-19(9)11-10-5-7-20-12(10)16-13(15-11)17-14/h5,7,9H,3-4,6,8,14H2,1-2H3,(H,15,16,17). The zero-order valence-electron chi connectivity index (χ0n) is 11.8. The maximum Gasteiger partial charge on any atom is 0.240 e. The van der Waals surface area contributed by atoms with Crippen molar-refractivity contribution in [2.24, 2.45) is 5.84 Å². The SMILES string of the molecule is CN(C)CC1CCCN1c1nc(NN)nc2sccc12. The molecule has 0 aliphatic carbocycles. The highest BCUT2D eigenvalue weighted by atomic mass is 32.1. The summed E-state index contributed by atoms with van der Waals surface area (Å²) in [5.74, 6) is 6.99. The van der Waals surface area contributed by atoms with Crippen molar-refractivity contribution in [3.63, 3.8) is 0 Å². The number of likely N-dealkylation sites (N-methyl/N-ethyl adjacent to an activating group) is 1. The Morgan fingerprint density at radius 1 is 1.50 bits per heavy atom. The second-order valence-electron chi connectivity index (χ2n) is 5.41. The topological polar surface area (TPSA) is 70.3 Å². The molecule has 0 spiro atoms. The van der Waals surface area contributed by atoms with E-state index in [9.17, 15) is 0 Å². The van der Waals surface area contributed by atoms with Gasteiger partial charge < -0.3 is 9.80 Å². The summed E-state index contributed by atoms with van der Waals surface area (Å²) in [5, 5.41) is 3.18. The smallest absolute Gasteiger partial charge is 0.240 e. The maximum absolute atomic E-state index is 5.50. The normalized spacial score (nSPS) is 19.2. The molecule has 0 saturated carbocycles. The number of rotatable bonds is 4. The molecule has 3 rings (SSSR count). The third-order valence-corrected chi connectivity index (χ3v) is 4.47. The van der Waals surface area contributed by atoms with Gasteiger partial charge in [0.25, 0.3) is 0 Å². The number of nitrogen functional groups attached to an aromatic ring is 1. The highest BCUT2D eigenvalue weighted by Gasteiger charge is 2.28. The minimum absolute atomic E-state index is 0.491. The van der Waals surface area contributed by atoms with Gasteiger partial charge in [-0.05, 0) is 38.4 Å². The van der Waals surface area contributed by atoms with E-state index in [1.807, 2.05) is 0 Å². The van der Waals surface area contributed by atoms with Crippen molar-refractivity contribution >= 4 is 33.3 Å². The lowest BCUT2D eigenvalue weighted by Crippen LogP contribution is -2.38. The molecule has 2 aromatic heterocycles. The fraction of sp³-hybridized carbons (Fsp3) is 0.538. The molecule has 1 saturated heterocycles. The van der Waals surface area contributed by atoms with Crippen molar-refractivity contribution in [2.75, 3.05) is 37.5 Å². The Kier molecular flexibility index (Phi) is 3.73. The Labute approximate surface area is 122 Å². The zero-order valence-corrected chi connectivity index (χ0v) is 12.7. The van der Waals surface area contributed by atoms with Crippen molar-refractivity contribution in [3.8, 4) is 0 Å². The van der Waals surface area contributed by atoms with E-state index in [4.69, 9.17) is 5.84 Å². The Balaban J connectivity index is 2.01.